The number of ether oxygens (including phenoxy) is 1. The highest BCUT2D eigenvalue weighted by molar-refractivity contribution is 5.38. The van der Waals surface area contributed by atoms with Crippen LogP contribution in [0.3, 0.4) is 0 Å². The zero-order valence-electron chi connectivity index (χ0n) is 10.6. The molecule has 0 aliphatic rings. The fourth-order valence-corrected chi connectivity index (χ4v) is 1.80. The van der Waals surface area contributed by atoms with Crippen molar-refractivity contribution in [2.45, 2.75) is 13.0 Å². The lowest BCUT2D eigenvalue weighted by atomic mass is 10.0. The number of nitrogens with zero attached hydrogens (tertiary/aromatic N) is 2. The van der Waals surface area contributed by atoms with Gasteiger partial charge in [-0.25, -0.2) is 0 Å². The second kappa shape index (κ2) is 5.98. The molecule has 0 bridgehead atoms. The van der Waals surface area contributed by atoms with Crippen molar-refractivity contribution in [3.05, 3.63) is 59.4 Å². The molecule has 4 heteroatoms. The van der Waals surface area contributed by atoms with Crippen LogP contribution in [0.4, 0.5) is 0 Å². The molecule has 96 valence electrons. The van der Waals surface area contributed by atoms with Crippen LogP contribution in [0.1, 0.15) is 29.7 Å². The van der Waals surface area contributed by atoms with Gasteiger partial charge in [0.25, 0.3) is 0 Å². The van der Waals surface area contributed by atoms with Crippen LogP contribution in [0.5, 0.6) is 5.75 Å². The molecule has 0 saturated carbocycles. The molecule has 0 fully saturated rings. The summed E-state index contributed by atoms with van der Waals surface area (Å²) >= 11 is 0. The van der Waals surface area contributed by atoms with Crippen molar-refractivity contribution in [2.75, 3.05) is 6.61 Å². The smallest absolute Gasteiger partial charge is 0.137 e. The first-order chi connectivity index (χ1) is 9.24. The molecule has 0 aliphatic heterocycles. The van der Waals surface area contributed by atoms with Crippen molar-refractivity contribution >= 4 is 0 Å². The highest BCUT2D eigenvalue weighted by atomic mass is 16.5. The zero-order chi connectivity index (χ0) is 13.7. The molecule has 2 rings (SSSR count). The minimum atomic E-state index is -0.818. The molecule has 0 amide bonds. The number of rotatable bonds is 4. The third kappa shape index (κ3) is 3.09. The quantitative estimate of drug-likeness (QED) is 0.910. The van der Waals surface area contributed by atoms with E-state index in [9.17, 15) is 5.11 Å². The molecule has 1 atom stereocenters. The van der Waals surface area contributed by atoms with Crippen molar-refractivity contribution in [2.24, 2.45) is 0 Å². The first-order valence-corrected chi connectivity index (χ1v) is 6.00. The maximum atomic E-state index is 10.3. The Balaban J connectivity index is 2.30. The summed E-state index contributed by atoms with van der Waals surface area (Å²) in [5.74, 6) is 0.621. The third-order valence-electron chi connectivity index (χ3n) is 2.69. The predicted molar refractivity (Wildman–Crippen MR) is 70.6 cm³/mol. The molecule has 2 aromatic rings. The number of benzene rings is 1. The second-order valence-corrected chi connectivity index (χ2v) is 4.03. The van der Waals surface area contributed by atoms with Gasteiger partial charge in [0.1, 0.15) is 11.9 Å². The molecule has 0 saturated heterocycles. The molecule has 0 aliphatic carbocycles. The van der Waals surface area contributed by atoms with E-state index in [1.54, 1.807) is 42.7 Å². The van der Waals surface area contributed by atoms with Crippen molar-refractivity contribution < 1.29 is 9.84 Å². The van der Waals surface area contributed by atoms with Crippen molar-refractivity contribution in [3.63, 3.8) is 0 Å². The number of nitriles is 1. The monoisotopic (exact) mass is 254 g/mol. The number of hydrogen-bond donors (Lipinski definition) is 1. The van der Waals surface area contributed by atoms with Gasteiger partial charge in [0.2, 0.25) is 0 Å². The van der Waals surface area contributed by atoms with E-state index in [0.29, 0.717) is 29.0 Å². The first kappa shape index (κ1) is 13.1. The van der Waals surface area contributed by atoms with Crippen LogP contribution in [0.25, 0.3) is 0 Å². The predicted octanol–water partition coefficient (Wildman–Crippen LogP) is 2.43. The number of aromatic nitrogens is 1. The van der Waals surface area contributed by atoms with E-state index in [1.165, 1.54) is 0 Å². The summed E-state index contributed by atoms with van der Waals surface area (Å²) in [4.78, 5) is 4.04. The lowest BCUT2D eigenvalue weighted by molar-refractivity contribution is 0.219. The van der Waals surface area contributed by atoms with Gasteiger partial charge < -0.3 is 9.84 Å². The van der Waals surface area contributed by atoms with Crippen LogP contribution >= 0.6 is 0 Å². The van der Waals surface area contributed by atoms with Gasteiger partial charge in [0.05, 0.1) is 24.4 Å². The van der Waals surface area contributed by atoms with Gasteiger partial charge in [-0.15, -0.1) is 0 Å². The van der Waals surface area contributed by atoms with Crippen LogP contribution < -0.4 is 4.74 Å². The maximum Gasteiger partial charge on any atom is 0.137 e. The van der Waals surface area contributed by atoms with Crippen LogP contribution in [0.15, 0.2) is 42.7 Å². The Bertz CT molecular complexity index is 605. The summed E-state index contributed by atoms with van der Waals surface area (Å²) < 4.78 is 5.35. The Hall–Kier alpha value is -2.38. The number of pyridine rings is 1. The molecule has 1 heterocycles. The van der Waals surface area contributed by atoms with Crippen molar-refractivity contribution in [3.8, 4) is 11.8 Å². The molecule has 1 aromatic heterocycles. The van der Waals surface area contributed by atoms with E-state index in [0.717, 1.165) is 0 Å². The van der Waals surface area contributed by atoms with Gasteiger partial charge in [-0.05, 0) is 30.7 Å². The Labute approximate surface area is 111 Å². The third-order valence-corrected chi connectivity index (χ3v) is 2.69. The van der Waals surface area contributed by atoms with Gasteiger partial charge in [0.15, 0.2) is 0 Å². The first-order valence-electron chi connectivity index (χ1n) is 6.00. The Morgan fingerprint density at radius 1 is 1.32 bits per heavy atom. The zero-order valence-corrected chi connectivity index (χ0v) is 10.6. The highest BCUT2D eigenvalue weighted by Gasteiger charge is 2.12. The van der Waals surface area contributed by atoms with Crippen molar-refractivity contribution in [1.82, 2.24) is 4.98 Å². The van der Waals surface area contributed by atoms with Crippen LogP contribution in [0.2, 0.25) is 0 Å². The average Bonchev–Trinajstić information content (AvgIpc) is 2.47. The van der Waals surface area contributed by atoms with Crippen LogP contribution in [-0.4, -0.2) is 16.7 Å². The van der Waals surface area contributed by atoms with E-state index >= 15 is 0 Å². The highest BCUT2D eigenvalue weighted by Crippen LogP contribution is 2.24. The SMILES string of the molecule is CCOc1cncc(C(O)c2cccc(C#N)c2)c1. The largest absolute Gasteiger partial charge is 0.492 e. The number of aliphatic hydroxyl groups is 1. The molecule has 1 unspecified atom stereocenters. The summed E-state index contributed by atoms with van der Waals surface area (Å²) in [7, 11) is 0. The summed E-state index contributed by atoms with van der Waals surface area (Å²) in [6, 6.07) is 10.7. The fraction of sp³-hybridized carbons (Fsp3) is 0.200. The minimum Gasteiger partial charge on any atom is -0.492 e. The van der Waals surface area contributed by atoms with Gasteiger partial charge in [-0.2, -0.15) is 5.26 Å². The Morgan fingerprint density at radius 3 is 2.89 bits per heavy atom. The van der Waals surface area contributed by atoms with Crippen LogP contribution in [0, 0.1) is 11.3 Å². The second-order valence-electron chi connectivity index (χ2n) is 4.03. The van der Waals surface area contributed by atoms with Gasteiger partial charge in [0, 0.05) is 11.8 Å². The topological polar surface area (TPSA) is 66.1 Å². The Kier molecular flexibility index (Phi) is 4.11. The average molecular weight is 254 g/mol. The molecule has 19 heavy (non-hydrogen) atoms. The summed E-state index contributed by atoms with van der Waals surface area (Å²) in [5.41, 5.74) is 1.82. The van der Waals surface area contributed by atoms with E-state index in [2.05, 4.69) is 11.1 Å². The molecular weight excluding hydrogens is 240 g/mol. The molecule has 1 N–H and O–H groups in total. The van der Waals surface area contributed by atoms with E-state index in [1.807, 2.05) is 6.92 Å². The van der Waals surface area contributed by atoms with E-state index in [-0.39, 0.29) is 0 Å². The van der Waals surface area contributed by atoms with Gasteiger partial charge in [-0.1, -0.05) is 12.1 Å². The van der Waals surface area contributed by atoms with Crippen molar-refractivity contribution in [1.29, 1.82) is 5.26 Å². The number of aliphatic hydroxyl groups excluding tert-OH is 1. The Morgan fingerprint density at radius 2 is 2.16 bits per heavy atom. The van der Waals surface area contributed by atoms with E-state index < -0.39 is 6.10 Å². The molecule has 0 spiro atoms. The molecular formula is C15H14N2O2. The standard InChI is InChI=1S/C15H14N2O2/c1-2-19-14-7-13(9-17-10-14)15(18)12-5-3-4-11(6-12)8-16/h3-7,9-10,15,18H,2H2,1H3. The maximum absolute atomic E-state index is 10.3. The molecule has 4 nitrogen and oxygen atoms in total. The number of hydrogen-bond acceptors (Lipinski definition) is 4. The summed E-state index contributed by atoms with van der Waals surface area (Å²) in [5, 5.41) is 19.2. The normalized spacial score (nSPS) is 11.6. The summed E-state index contributed by atoms with van der Waals surface area (Å²) in [6.07, 6.45) is 2.37. The summed E-state index contributed by atoms with van der Waals surface area (Å²) in [6.45, 7) is 2.44. The van der Waals surface area contributed by atoms with E-state index in [4.69, 9.17) is 10.00 Å². The fourth-order valence-electron chi connectivity index (χ4n) is 1.80. The molecule has 0 radical (unpaired) electrons. The van der Waals surface area contributed by atoms with Crippen LogP contribution in [-0.2, 0) is 0 Å². The lowest BCUT2D eigenvalue weighted by Crippen LogP contribution is -2.02. The lowest BCUT2D eigenvalue weighted by Gasteiger charge is -2.12. The minimum absolute atomic E-state index is 0.519. The van der Waals surface area contributed by atoms with Gasteiger partial charge >= 0.3 is 0 Å². The van der Waals surface area contributed by atoms with Gasteiger partial charge in [-0.3, -0.25) is 4.98 Å². The molecule has 1 aromatic carbocycles.